The van der Waals surface area contributed by atoms with Gasteiger partial charge >= 0.3 is 0 Å². The second-order valence-corrected chi connectivity index (χ2v) is 8.23. The Bertz CT molecular complexity index is 752. The van der Waals surface area contributed by atoms with Gasteiger partial charge in [-0.2, -0.15) is 5.10 Å². The number of nitrogens with one attached hydrogen (secondary N) is 2. The fraction of sp³-hybridized carbons (Fsp3) is 0.462. The molecule has 10 heteroatoms. The quantitative estimate of drug-likeness (QED) is 0.757. The van der Waals surface area contributed by atoms with E-state index in [0.29, 0.717) is 5.82 Å². The Kier molecular flexibility index (Phi) is 5.50. The molecule has 0 radical (unpaired) electrons. The number of amides is 1. The third kappa shape index (κ3) is 4.36. The molecule has 0 saturated heterocycles. The first-order valence-electron chi connectivity index (χ1n) is 6.97. The molecule has 0 bridgehead atoms. The summed E-state index contributed by atoms with van der Waals surface area (Å²) in [6, 6.07) is 2.78. The van der Waals surface area contributed by atoms with Crippen molar-refractivity contribution in [2.24, 2.45) is 13.0 Å². The summed E-state index contributed by atoms with van der Waals surface area (Å²) < 4.78 is 28.0. The highest BCUT2D eigenvalue weighted by molar-refractivity contribution is 7.91. The molecule has 2 aromatic heterocycles. The largest absolute Gasteiger partial charge is 0.345 e. The zero-order chi connectivity index (χ0) is 17.0. The summed E-state index contributed by atoms with van der Waals surface area (Å²) in [5.41, 5.74) is 0. The summed E-state index contributed by atoms with van der Waals surface area (Å²) in [6.07, 6.45) is 1.41. The highest BCUT2D eigenvalue weighted by atomic mass is 32.2. The number of carbonyl (C=O) groups excluding carboxylic acids is 1. The number of aryl methyl sites for hydroxylation is 1. The maximum Gasteiger partial charge on any atom is 0.250 e. The minimum atomic E-state index is -3.66. The van der Waals surface area contributed by atoms with Crippen LogP contribution in [-0.2, 0) is 21.9 Å². The van der Waals surface area contributed by atoms with Crippen LogP contribution < -0.4 is 10.0 Å². The highest BCUT2D eigenvalue weighted by Gasteiger charge is 2.23. The van der Waals surface area contributed by atoms with Gasteiger partial charge < -0.3 is 5.32 Å². The molecular weight excluding hydrogens is 338 g/mol. The van der Waals surface area contributed by atoms with E-state index in [1.165, 1.54) is 12.4 Å². The molecule has 0 aliphatic rings. The molecule has 8 nitrogen and oxygen atoms in total. The number of hydrogen-bond donors (Lipinski definition) is 2. The molecule has 0 unspecified atom stereocenters. The van der Waals surface area contributed by atoms with Crippen LogP contribution in [0.25, 0.3) is 0 Å². The maximum atomic E-state index is 12.1. The van der Waals surface area contributed by atoms with Gasteiger partial charge in [-0.3, -0.25) is 9.48 Å². The van der Waals surface area contributed by atoms with E-state index in [1.54, 1.807) is 23.2 Å². The van der Waals surface area contributed by atoms with Crippen molar-refractivity contribution >= 4 is 27.3 Å². The number of carbonyl (C=O) groups is 1. The predicted octanol–water partition coefficient (Wildman–Crippen LogP) is 0.668. The van der Waals surface area contributed by atoms with E-state index in [4.69, 9.17) is 0 Å². The number of hydrogen-bond acceptors (Lipinski definition) is 6. The Balaban J connectivity index is 1.99. The molecule has 2 rings (SSSR count). The predicted molar refractivity (Wildman–Crippen MR) is 86.2 cm³/mol. The minimum Gasteiger partial charge on any atom is -0.345 e. The lowest BCUT2D eigenvalue weighted by atomic mass is 10.0. The van der Waals surface area contributed by atoms with Crippen molar-refractivity contribution in [3.05, 3.63) is 29.7 Å². The standard InChI is InChI=1S/C13H19N5O3S2/c1-9(2)12(13-14-8-15-18(13)3)17-10(19)7-16-23(20,21)11-5-4-6-22-11/h4-6,8-9,12,16H,7H2,1-3H3,(H,17,19)/t12-/m1/s1. The third-order valence-electron chi connectivity index (χ3n) is 3.19. The van der Waals surface area contributed by atoms with Crippen molar-refractivity contribution in [2.75, 3.05) is 6.54 Å². The van der Waals surface area contributed by atoms with Crippen LogP contribution in [0, 0.1) is 5.92 Å². The van der Waals surface area contributed by atoms with Gasteiger partial charge in [-0.1, -0.05) is 19.9 Å². The van der Waals surface area contributed by atoms with E-state index >= 15 is 0 Å². The van der Waals surface area contributed by atoms with Crippen molar-refractivity contribution in [3.63, 3.8) is 0 Å². The van der Waals surface area contributed by atoms with Crippen LogP contribution in [0.3, 0.4) is 0 Å². The van der Waals surface area contributed by atoms with Gasteiger partial charge in [0, 0.05) is 7.05 Å². The number of sulfonamides is 1. The van der Waals surface area contributed by atoms with E-state index in [2.05, 4.69) is 20.1 Å². The zero-order valence-electron chi connectivity index (χ0n) is 13.1. The Morgan fingerprint density at radius 1 is 1.43 bits per heavy atom. The first kappa shape index (κ1) is 17.6. The maximum absolute atomic E-state index is 12.1. The summed E-state index contributed by atoms with van der Waals surface area (Å²) in [7, 11) is -1.92. The van der Waals surface area contributed by atoms with Crippen LogP contribution in [0.2, 0.25) is 0 Å². The second-order valence-electron chi connectivity index (χ2n) is 5.29. The lowest BCUT2D eigenvalue weighted by Crippen LogP contribution is -2.40. The SMILES string of the molecule is CC(C)[C@@H](NC(=O)CNS(=O)(=O)c1cccs1)c1ncnn1C. The Morgan fingerprint density at radius 2 is 2.17 bits per heavy atom. The van der Waals surface area contributed by atoms with E-state index in [-0.39, 0.29) is 22.7 Å². The van der Waals surface area contributed by atoms with Gasteiger partial charge in [0.2, 0.25) is 5.91 Å². The summed E-state index contributed by atoms with van der Waals surface area (Å²) >= 11 is 1.10. The van der Waals surface area contributed by atoms with Gasteiger partial charge in [0.25, 0.3) is 10.0 Å². The molecule has 23 heavy (non-hydrogen) atoms. The van der Waals surface area contributed by atoms with Gasteiger partial charge in [0.1, 0.15) is 16.4 Å². The molecule has 1 amide bonds. The van der Waals surface area contributed by atoms with Gasteiger partial charge in [-0.25, -0.2) is 18.1 Å². The average molecular weight is 357 g/mol. The van der Waals surface area contributed by atoms with Crippen molar-refractivity contribution < 1.29 is 13.2 Å². The molecule has 0 aliphatic heterocycles. The highest BCUT2D eigenvalue weighted by Crippen LogP contribution is 2.19. The number of aromatic nitrogens is 3. The molecular formula is C13H19N5O3S2. The number of thiophene rings is 1. The molecule has 0 saturated carbocycles. The van der Waals surface area contributed by atoms with Gasteiger partial charge in [-0.05, 0) is 17.4 Å². The average Bonchev–Trinajstić information content (AvgIpc) is 3.14. The number of nitrogens with zero attached hydrogens (tertiary/aromatic N) is 3. The molecule has 2 heterocycles. The summed E-state index contributed by atoms with van der Waals surface area (Å²) in [5, 5.41) is 8.45. The molecule has 2 N–H and O–H groups in total. The topological polar surface area (TPSA) is 106 Å². The Hall–Kier alpha value is -1.78. The van der Waals surface area contributed by atoms with Gasteiger partial charge in [-0.15, -0.1) is 11.3 Å². The smallest absolute Gasteiger partial charge is 0.250 e. The van der Waals surface area contributed by atoms with Crippen molar-refractivity contribution in [2.45, 2.75) is 24.1 Å². The fourth-order valence-corrected chi connectivity index (χ4v) is 4.01. The van der Waals surface area contributed by atoms with E-state index < -0.39 is 15.9 Å². The first-order valence-corrected chi connectivity index (χ1v) is 9.34. The lowest BCUT2D eigenvalue weighted by Gasteiger charge is -2.21. The molecule has 1 atom stereocenters. The zero-order valence-corrected chi connectivity index (χ0v) is 14.7. The van der Waals surface area contributed by atoms with Crippen LogP contribution in [0.15, 0.2) is 28.0 Å². The molecule has 0 aliphatic carbocycles. The van der Waals surface area contributed by atoms with Crippen molar-refractivity contribution in [1.82, 2.24) is 24.8 Å². The van der Waals surface area contributed by atoms with Gasteiger partial charge in [0.15, 0.2) is 0 Å². The monoisotopic (exact) mass is 357 g/mol. The first-order chi connectivity index (χ1) is 10.8. The second kappa shape index (κ2) is 7.20. The molecule has 0 aromatic carbocycles. The minimum absolute atomic E-state index is 0.0794. The van der Waals surface area contributed by atoms with Crippen molar-refractivity contribution in [1.29, 1.82) is 0 Å². The number of rotatable bonds is 7. The third-order valence-corrected chi connectivity index (χ3v) is 5.99. The summed E-state index contributed by atoms with van der Waals surface area (Å²) in [4.78, 5) is 16.2. The van der Waals surface area contributed by atoms with Crippen LogP contribution in [0.5, 0.6) is 0 Å². The molecule has 2 aromatic rings. The van der Waals surface area contributed by atoms with Crippen LogP contribution >= 0.6 is 11.3 Å². The molecule has 126 valence electrons. The summed E-state index contributed by atoms with van der Waals surface area (Å²) in [5.74, 6) is 0.275. The van der Waals surface area contributed by atoms with Gasteiger partial charge in [0.05, 0.1) is 12.6 Å². The van der Waals surface area contributed by atoms with E-state index in [1.807, 2.05) is 13.8 Å². The van der Waals surface area contributed by atoms with E-state index in [0.717, 1.165) is 11.3 Å². The van der Waals surface area contributed by atoms with Crippen molar-refractivity contribution in [3.8, 4) is 0 Å². The Morgan fingerprint density at radius 3 is 2.70 bits per heavy atom. The normalized spacial score (nSPS) is 13.2. The van der Waals surface area contributed by atoms with E-state index in [9.17, 15) is 13.2 Å². The van der Waals surface area contributed by atoms with Crippen LogP contribution in [-0.4, -0.2) is 35.6 Å². The fourth-order valence-electron chi connectivity index (χ4n) is 1.99. The molecule has 0 fully saturated rings. The van der Waals surface area contributed by atoms with Crippen LogP contribution in [0.4, 0.5) is 0 Å². The molecule has 0 spiro atoms. The lowest BCUT2D eigenvalue weighted by molar-refractivity contribution is -0.121. The summed E-state index contributed by atoms with van der Waals surface area (Å²) in [6.45, 7) is 3.55. The Labute approximate surface area is 139 Å². The van der Waals surface area contributed by atoms with Crippen LogP contribution in [0.1, 0.15) is 25.7 Å².